The molecule has 0 aromatic heterocycles. The molecule has 1 aromatic rings. The summed E-state index contributed by atoms with van der Waals surface area (Å²) in [7, 11) is 3.47. The van der Waals surface area contributed by atoms with Gasteiger partial charge in [0.1, 0.15) is 5.75 Å². The van der Waals surface area contributed by atoms with Crippen molar-refractivity contribution in [2.75, 3.05) is 14.2 Å². The Morgan fingerprint density at radius 2 is 1.95 bits per heavy atom. The number of hydrogen-bond donors (Lipinski definition) is 1. The summed E-state index contributed by atoms with van der Waals surface area (Å²) in [6.07, 6.45) is 4.55. The highest BCUT2D eigenvalue weighted by Crippen LogP contribution is 2.42. The molecule has 3 unspecified atom stereocenters. The summed E-state index contributed by atoms with van der Waals surface area (Å²) in [4.78, 5) is 0. The SMILES string of the molecule is COc1ccc(C(N)C2(OC)CCCC(C)C2)cc1. The third kappa shape index (κ3) is 2.93. The fraction of sp³-hybridized carbons (Fsp3) is 0.625. The largest absolute Gasteiger partial charge is 0.497 e. The van der Waals surface area contributed by atoms with Crippen molar-refractivity contribution in [3.63, 3.8) is 0 Å². The Morgan fingerprint density at radius 1 is 1.26 bits per heavy atom. The van der Waals surface area contributed by atoms with Crippen molar-refractivity contribution in [1.82, 2.24) is 0 Å². The Bertz CT molecular complexity index is 404. The Labute approximate surface area is 116 Å². The van der Waals surface area contributed by atoms with Gasteiger partial charge in [-0.1, -0.05) is 31.9 Å². The van der Waals surface area contributed by atoms with Gasteiger partial charge < -0.3 is 15.2 Å². The van der Waals surface area contributed by atoms with Gasteiger partial charge in [-0.15, -0.1) is 0 Å². The van der Waals surface area contributed by atoms with Crippen molar-refractivity contribution >= 4 is 0 Å². The van der Waals surface area contributed by atoms with Crippen molar-refractivity contribution in [1.29, 1.82) is 0 Å². The number of ether oxygens (including phenoxy) is 2. The molecular formula is C16H25NO2. The van der Waals surface area contributed by atoms with Gasteiger partial charge in [-0.3, -0.25) is 0 Å². The molecule has 1 saturated carbocycles. The van der Waals surface area contributed by atoms with Crippen LogP contribution in [0.2, 0.25) is 0 Å². The molecule has 0 amide bonds. The number of methoxy groups -OCH3 is 2. The normalized spacial score (nSPS) is 28.9. The minimum atomic E-state index is -0.216. The average molecular weight is 263 g/mol. The lowest BCUT2D eigenvalue weighted by Crippen LogP contribution is -2.46. The molecular weight excluding hydrogens is 238 g/mol. The molecule has 0 saturated heterocycles. The molecule has 1 aliphatic rings. The second-order valence-corrected chi connectivity index (χ2v) is 5.72. The highest BCUT2D eigenvalue weighted by molar-refractivity contribution is 5.30. The maximum atomic E-state index is 6.50. The van der Waals surface area contributed by atoms with Crippen LogP contribution in [0.1, 0.15) is 44.2 Å². The molecule has 0 aliphatic heterocycles. The second-order valence-electron chi connectivity index (χ2n) is 5.72. The van der Waals surface area contributed by atoms with E-state index >= 15 is 0 Å². The number of nitrogens with two attached hydrogens (primary N) is 1. The molecule has 1 aromatic carbocycles. The summed E-state index contributed by atoms with van der Waals surface area (Å²) in [5.41, 5.74) is 7.41. The first-order chi connectivity index (χ1) is 9.11. The smallest absolute Gasteiger partial charge is 0.118 e. The van der Waals surface area contributed by atoms with Gasteiger partial charge in [0.15, 0.2) is 0 Å². The molecule has 0 heterocycles. The Kier molecular flexibility index (Phi) is 4.48. The maximum absolute atomic E-state index is 6.50. The fourth-order valence-electron chi connectivity index (χ4n) is 3.25. The van der Waals surface area contributed by atoms with Crippen LogP contribution in [0.5, 0.6) is 5.75 Å². The van der Waals surface area contributed by atoms with Crippen LogP contribution in [0.15, 0.2) is 24.3 Å². The summed E-state index contributed by atoms with van der Waals surface area (Å²) >= 11 is 0. The molecule has 0 bridgehead atoms. The summed E-state index contributed by atoms with van der Waals surface area (Å²) in [5, 5.41) is 0. The maximum Gasteiger partial charge on any atom is 0.118 e. The Hall–Kier alpha value is -1.06. The van der Waals surface area contributed by atoms with Gasteiger partial charge in [-0.2, -0.15) is 0 Å². The first-order valence-electron chi connectivity index (χ1n) is 7.06. The molecule has 0 radical (unpaired) electrons. The molecule has 2 N–H and O–H groups in total. The van der Waals surface area contributed by atoms with E-state index in [9.17, 15) is 0 Å². The van der Waals surface area contributed by atoms with Gasteiger partial charge in [0.05, 0.1) is 18.8 Å². The van der Waals surface area contributed by atoms with Crippen LogP contribution < -0.4 is 10.5 Å². The Morgan fingerprint density at radius 3 is 2.47 bits per heavy atom. The van der Waals surface area contributed by atoms with E-state index in [1.807, 2.05) is 24.3 Å². The molecule has 19 heavy (non-hydrogen) atoms. The molecule has 3 atom stereocenters. The summed E-state index contributed by atoms with van der Waals surface area (Å²) in [5.74, 6) is 1.54. The standard InChI is InChI=1S/C16H25NO2/c1-12-5-4-10-16(11-12,19-3)15(17)13-6-8-14(18-2)9-7-13/h6-9,12,15H,4-5,10-11,17H2,1-3H3. The minimum absolute atomic E-state index is 0.0776. The van der Waals surface area contributed by atoms with Gasteiger partial charge in [0.2, 0.25) is 0 Å². The van der Waals surface area contributed by atoms with Crippen LogP contribution in [0, 0.1) is 5.92 Å². The lowest BCUT2D eigenvalue weighted by Gasteiger charge is -2.43. The third-order valence-electron chi connectivity index (χ3n) is 4.44. The number of benzene rings is 1. The summed E-state index contributed by atoms with van der Waals surface area (Å²) < 4.78 is 11.1. The topological polar surface area (TPSA) is 44.5 Å². The van der Waals surface area contributed by atoms with Crippen molar-refractivity contribution in [3.05, 3.63) is 29.8 Å². The number of rotatable bonds is 4. The zero-order valence-electron chi connectivity index (χ0n) is 12.2. The van der Waals surface area contributed by atoms with Crippen LogP contribution in [-0.4, -0.2) is 19.8 Å². The van der Waals surface area contributed by atoms with E-state index in [1.165, 1.54) is 12.8 Å². The molecule has 106 valence electrons. The fourth-order valence-corrected chi connectivity index (χ4v) is 3.25. The van der Waals surface area contributed by atoms with Crippen LogP contribution in [0.25, 0.3) is 0 Å². The third-order valence-corrected chi connectivity index (χ3v) is 4.44. The predicted molar refractivity (Wildman–Crippen MR) is 77.3 cm³/mol. The van der Waals surface area contributed by atoms with Crippen LogP contribution >= 0.6 is 0 Å². The first-order valence-corrected chi connectivity index (χ1v) is 7.06. The zero-order valence-corrected chi connectivity index (χ0v) is 12.2. The van der Waals surface area contributed by atoms with E-state index in [0.717, 1.165) is 24.2 Å². The van der Waals surface area contributed by atoms with Crippen LogP contribution in [0.3, 0.4) is 0 Å². The summed E-state index contributed by atoms with van der Waals surface area (Å²) in [6.45, 7) is 2.29. The van der Waals surface area contributed by atoms with Gasteiger partial charge in [-0.05, 0) is 36.5 Å². The van der Waals surface area contributed by atoms with E-state index in [1.54, 1.807) is 14.2 Å². The van der Waals surface area contributed by atoms with Crippen molar-refractivity contribution in [2.45, 2.75) is 44.2 Å². The molecule has 2 rings (SSSR count). The molecule has 3 heteroatoms. The van der Waals surface area contributed by atoms with Crippen molar-refractivity contribution in [3.8, 4) is 5.75 Å². The zero-order chi connectivity index (χ0) is 13.9. The van der Waals surface area contributed by atoms with E-state index < -0.39 is 0 Å². The van der Waals surface area contributed by atoms with E-state index in [0.29, 0.717) is 5.92 Å². The lowest BCUT2D eigenvalue weighted by molar-refractivity contribution is -0.0718. The molecule has 1 aliphatic carbocycles. The highest BCUT2D eigenvalue weighted by Gasteiger charge is 2.41. The van der Waals surface area contributed by atoms with E-state index in [-0.39, 0.29) is 11.6 Å². The van der Waals surface area contributed by atoms with E-state index in [2.05, 4.69) is 6.92 Å². The quantitative estimate of drug-likeness (QED) is 0.906. The lowest BCUT2D eigenvalue weighted by atomic mass is 9.73. The molecule has 0 spiro atoms. The van der Waals surface area contributed by atoms with Crippen molar-refractivity contribution in [2.24, 2.45) is 11.7 Å². The van der Waals surface area contributed by atoms with Gasteiger partial charge in [0.25, 0.3) is 0 Å². The van der Waals surface area contributed by atoms with Gasteiger partial charge >= 0.3 is 0 Å². The molecule has 1 fully saturated rings. The first kappa shape index (κ1) is 14.4. The van der Waals surface area contributed by atoms with Gasteiger partial charge in [-0.25, -0.2) is 0 Å². The highest BCUT2D eigenvalue weighted by atomic mass is 16.5. The monoisotopic (exact) mass is 263 g/mol. The number of hydrogen-bond acceptors (Lipinski definition) is 3. The average Bonchev–Trinajstić information content (AvgIpc) is 2.46. The van der Waals surface area contributed by atoms with E-state index in [4.69, 9.17) is 15.2 Å². The predicted octanol–water partition coefficient (Wildman–Crippen LogP) is 3.29. The second kappa shape index (κ2) is 5.93. The Balaban J connectivity index is 2.21. The molecule has 3 nitrogen and oxygen atoms in total. The summed E-state index contributed by atoms with van der Waals surface area (Å²) in [6, 6.07) is 7.94. The minimum Gasteiger partial charge on any atom is -0.497 e. The van der Waals surface area contributed by atoms with Crippen molar-refractivity contribution < 1.29 is 9.47 Å². The van der Waals surface area contributed by atoms with Gasteiger partial charge in [0, 0.05) is 7.11 Å². The van der Waals surface area contributed by atoms with Crippen LogP contribution in [-0.2, 0) is 4.74 Å². The van der Waals surface area contributed by atoms with Crippen LogP contribution in [0.4, 0.5) is 0 Å².